The standard InChI is InChI=1S/C19H28N4O/c1-13-16(14(2)23-22-13)10-11-20-19(24)9-5-6-15-12-21-18-8-4-3-7-17(15)18/h3-4,7-8,12-14,16,21-23H,5-6,9-11H2,1-2H3,(H,20,24). The van der Waals surface area contributed by atoms with E-state index in [0.717, 1.165) is 25.8 Å². The van der Waals surface area contributed by atoms with Gasteiger partial charge in [-0.05, 0) is 50.7 Å². The molecule has 0 radical (unpaired) electrons. The number of amides is 1. The third-order valence-corrected chi connectivity index (χ3v) is 5.15. The van der Waals surface area contributed by atoms with Crippen molar-refractivity contribution in [1.29, 1.82) is 0 Å². The third kappa shape index (κ3) is 3.97. The smallest absolute Gasteiger partial charge is 0.220 e. The summed E-state index contributed by atoms with van der Waals surface area (Å²) < 4.78 is 0. The Hall–Kier alpha value is -1.85. The number of hydrogen-bond donors (Lipinski definition) is 4. The Balaban J connectivity index is 1.37. The van der Waals surface area contributed by atoms with Crippen LogP contribution in [0.15, 0.2) is 30.5 Å². The highest BCUT2D eigenvalue weighted by molar-refractivity contribution is 5.83. The number of aryl methyl sites for hydroxylation is 1. The highest BCUT2D eigenvalue weighted by Crippen LogP contribution is 2.20. The zero-order valence-electron chi connectivity index (χ0n) is 14.6. The zero-order chi connectivity index (χ0) is 16.9. The first-order chi connectivity index (χ1) is 11.6. The molecule has 2 atom stereocenters. The molecule has 5 nitrogen and oxygen atoms in total. The van der Waals surface area contributed by atoms with Gasteiger partial charge in [0, 0.05) is 42.1 Å². The number of nitrogens with one attached hydrogen (secondary N) is 4. The first-order valence-corrected chi connectivity index (χ1v) is 8.98. The van der Waals surface area contributed by atoms with Crippen molar-refractivity contribution < 1.29 is 4.79 Å². The van der Waals surface area contributed by atoms with E-state index in [0.29, 0.717) is 24.4 Å². The Kier molecular flexibility index (Phi) is 5.53. The molecule has 1 aromatic heterocycles. The van der Waals surface area contributed by atoms with Gasteiger partial charge >= 0.3 is 0 Å². The van der Waals surface area contributed by atoms with Crippen molar-refractivity contribution in [2.45, 2.75) is 51.6 Å². The van der Waals surface area contributed by atoms with Crippen molar-refractivity contribution in [3.8, 4) is 0 Å². The van der Waals surface area contributed by atoms with Crippen LogP contribution in [-0.4, -0.2) is 29.5 Å². The molecule has 2 unspecified atom stereocenters. The normalized spacial score (nSPS) is 23.7. The summed E-state index contributed by atoms with van der Waals surface area (Å²) in [6.07, 6.45) is 5.47. The maximum absolute atomic E-state index is 12.0. The Morgan fingerprint density at radius 3 is 2.71 bits per heavy atom. The molecule has 1 aromatic carbocycles. The number of H-pyrrole nitrogens is 1. The second kappa shape index (κ2) is 7.81. The molecule has 24 heavy (non-hydrogen) atoms. The van der Waals surface area contributed by atoms with Crippen molar-refractivity contribution in [2.75, 3.05) is 6.54 Å². The van der Waals surface area contributed by atoms with Gasteiger partial charge in [-0.25, -0.2) is 0 Å². The predicted octanol–water partition coefficient (Wildman–Crippen LogP) is 2.50. The summed E-state index contributed by atoms with van der Waals surface area (Å²) in [6.45, 7) is 5.13. The summed E-state index contributed by atoms with van der Waals surface area (Å²) in [4.78, 5) is 15.3. The molecule has 1 fully saturated rings. The minimum atomic E-state index is 0.161. The molecule has 0 bridgehead atoms. The number of hydrogen-bond acceptors (Lipinski definition) is 3. The predicted molar refractivity (Wildman–Crippen MR) is 97.5 cm³/mol. The monoisotopic (exact) mass is 328 g/mol. The molecule has 0 spiro atoms. The molecule has 2 aromatic rings. The molecule has 1 aliphatic rings. The molecular weight excluding hydrogens is 300 g/mol. The summed E-state index contributed by atoms with van der Waals surface area (Å²) in [7, 11) is 0. The van der Waals surface area contributed by atoms with E-state index in [1.165, 1.54) is 16.5 Å². The summed E-state index contributed by atoms with van der Waals surface area (Å²) in [5.41, 5.74) is 8.97. The SMILES string of the molecule is CC1NNC(C)C1CCNC(=O)CCCc1c[nH]c2ccccc12. The fourth-order valence-corrected chi connectivity index (χ4v) is 3.65. The van der Waals surface area contributed by atoms with Crippen LogP contribution in [0.4, 0.5) is 0 Å². The maximum atomic E-state index is 12.0. The highest BCUT2D eigenvalue weighted by Gasteiger charge is 2.28. The minimum Gasteiger partial charge on any atom is -0.361 e. The Morgan fingerprint density at radius 1 is 1.17 bits per heavy atom. The van der Waals surface area contributed by atoms with Crippen LogP contribution in [0.2, 0.25) is 0 Å². The number of fused-ring (bicyclic) bond motifs is 1. The molecule has 0 saturated carbocycles. The molecule has 0 aliphatic carbocycles. The number of hydrazine groups is 1. The number of rotatable bonds is 7. The van der Waals surface area contributed by atoms with Crippen LogP contribution in [0.1, 0.15) is 38.7 Å². The zero-order valence-corrected chi connectivity index (χ0v) is 14.6. The largest absolute Gasteiger partial charge is 0.361 e. The molecule has 130 valence electrons. The lowest BCUT2D eigenvalue weighted by Gasteiger charge is -2.17. The van der Waals surface area contributed by atoms with Crippen LogP contribution in [0, 0.1) is 5.92 Å². The van der Waals surface area contributed by atoms with Crippen molar-refractivity contribution in [3.63, 3.8) is 0 Å². The summed E-state index contributed by atoms with van der Waals surface area (Å²) in [5, 5.41) is 4.33. The molecule has 1 amide bonds. The summed E-state index contributed by atoms with van der Waals surface area (Å²) in [6, 6.07) is 9.22. The first kappa shape index (κ1) is 17.0. The lowest BCUT2D eigenvalue weighted by atomic mass is 9.93. The number of aromatic amines is 1. The molecule has 5 heteroatoms. The fraction of sp³-hybridized carbons (Fsp3) is 0.526. The number of benzene rings is 1. The molecule has 3 rings (SSSR count). The van der Waals surface area contributed by atoms with Crippen molar-refractivity contribution in [3.05, 3.63) is 36.0 Å². The van der Waals surface area contributed by atoms with Gasteiger partial charge < -0.3 is 10.3 Å². The Bertz CT molecular complexity index is 671. The van der Waals surface area contributed by atoms with E-state index < -0.39 is 0 Å². The van der Waals surface area contributed by atoms with E-state index in [1.807, 2.05) is 6.07 Å². The van der Waals surface area contributed by atoms with Crippen LogP contribution < -0.4 is 16.2 Å². The maximum Gasteiger partial charge on any atom is 0.220 e. The van der Waals surface area contributed by atoms with E-state index >= 15 is 0 Å². The van der Waals surface area contributed by atoms with Crippen LogP contribution in [0.3, 0.4) is 0 Å². The molecule has 2 heterocycles. The van der Waals surface area contributed by atoms with Crippen LogP contribution in [0.5, 0.6) is 0 Å². The topological polar surface area (TPSA) is 68.9 Å². The van der Waals surface area contributed by atoms with Gasteiger partial charge in [0.25, 0.3) is 0 Å². The fourth-order valence-electron chi connectivity index (χ4n) is 3.65. The first-order valence-electron chi connectivity index (χ1n) is 8.98. The lowest BCUT2D eigenvalue weighted by Crippen LogP contribution is -2.30. The van der Waals surface area contributed by atoms with Crippen LogP contribution >= 0.6 is 0 Å². The van der Waals surface area contributed by atoms with Gasteiger partial charge in [-0.3, -0.25) is 15.6 Å². The van der Waals surface area contributed by atoms with Gasteiger partial charge in [0.05, 0.1) is 0 Å². The lowest BCUT2D eigenvalue weighted by molar-refractivity contribution is -0.121. The summed E-state index contributed by atoms with van der Waals surface area (Å²) in [5.74, 6) is 0.727. The average Bonchev–Trinajstić information content (AvgIpc) is 3.13. The Morgan fingerprint density at radius 2 is 1.92 bits per heavy atom. The third-order valence-electron chi connectivity index (χ3n) is 5.15. The number of para-hydroxylation sites is 1. The molecule has 1 aliphatic heterocycles. The highest BCUT2D eigenvalue weighted by atomic mass is 16.1. The van der Waals surface area contributed by atoms with Gasteiger partial charge in [-0.1, -0.05) is 18.2 Å². The van der Waals surface area contributed by atoms with Gasteiger partial charge in [0.2, 0.25) is 5.91 Å². The molecule has 1 saturated heterocycles. The van der Waals surface area contributed by atoms with Gasteiger partial charge in [-0.2, -0.15) is 0 Å². The van der Waals surface area contributed by atoms with Gasteiger partial charge in [0.15, 0.2) is 0 Å². The van der Waals surface area contributed by atoms with E-state index in [-0.39, 0.29) is 5.91 Å². The second-order valence-corrected chi connectivity index (χ2v) is 6.88. The number of aromatic nitrogens is 1. The molecule has 4 N–H and O–H groups in total. The van der Waals surface area contributed by atoms with Crippen molar-refractivity contribution in [2.24, 2.45) is 5.92 Å². The van der Waals surface area contributed by atoms with Crippen molar-refractivity contribution in [1.82, 2.24) is 21.2 Å². The minimum absolute atomic E-state index is 0.161. The number of carbonyl (C=O) groups is 1. The van der Waals surface area contributed by atoms with Crippen LogP contribution in [0.25, 0.3) is 10.9 Å². The van der Waals surface area contributed by atoms with Crippen molar-refractivity contribution >= 4 is 16.8 Å². The van der Waals surface area contributed by atoms with E-state index in [1.54, 1.807) is 0 Å². The van der Waals surface area contributed by atoms with Gasteiger partial charge in [0.1, 0.15) is 0 Å². The van der Waals surface area contributed by atoms with E-state index in [2.05, 4.69) is 59.4 Å². The quantitative estimate of drug-likeness (QED) is 0.631. The van der Waals surface area contributed by atoms with Crippen LogP contribution in [-0.2, 0) is 11.2 Å². The number of carbonyl (C=O) groups excluding carboxylic acids is 1. The summed E-state index contributed by atoms with van der Waals surface area (Å²) >= 11 is 0. The Labute approximate surface area is 143 Å². The second-order valence-electron chi connectivity index (χ2n) is 6.88. The van der Waals surface area contributed by atoms with E-state index in [4.69, 9.17) is 0 Å². The molecular formula is C19H28N4O. The van der Waals surface area contributed by atoms with Gasteiger partial charge in [-0.15, -0.1) is 0 Å². The van der Waals surface area contributed by atoms with E-state index in [9.17, 15) is 4.79 Å². The average molecular weight is 328 g/mol.